The predicted octanol–water partition coefficient (Wildman–Crippen LogP) is 0.638. The lowest BCUT2D eigenvalue weighted by Crippen LogP contribution is -2.42. The maximum atomic E-state index is 12.1. The third-order valence-corrected chi connectivity index (χ3v) is 4.15. The summed E-state index contributed by atoms with van der Waals surface area (Å²) >= 11 is 1.60. The number of hydrogen-bond acceptors (Lipinski definition) is 5. The van der Waals surface area contributed by atoms with Gasteiger partial charge in [-0.2, -0.15) is 5.10 Å². The van der Waals surface area contributed by atoms with E-state index in [1.165, 1.54) is 0 Å². The van der Waals surface area contributed by atoms with Crippen LogP contribution in [0.1, 0.15) is 10.5 Å². The molecule has 1 amide bonds. The summed E-state index contributed by atoms with van der Waals surface area (Å²) in [5.41, 5.74) is 1.24. The number of carbonyl (C=O) groups excluding carboxylic acids is 1. The number of rotatable bonds is 3. The SMILES string of the molecule is Cn1nc(C(=O)N[C@H]2COC[C@@H]2O)cc1-c1cccs1. The van der Waals surface area contributed by atoms with Gasteiger partial charge in [-0.1, -0.05) is 6.07 Å². The van der Waals surface area contributed by atoms with Crippen molar-refractivity contribution >= 4 is 17.2 Å². The first-order valence-corrected chi connectivity index (χ1v) is 7.17. The second-order valence-electron chi connectivity index (χ2n) is 4.70. The van der Waals surface area contributed by atoms with E-state index in [2.05, 4.69) is 10.4 Å². The lowest BCUT2D eigenvalue weighted by atomic mass is 10.2. The fourth-order valence-electron chi connectivity index (χ4n) is 2.16. The Hall–Kier alpha value is -1.70. The van der Waals surface area contributed by atoms with Crippen molar-refractivity contribution in [1.29, 1.82) is 0 Å². The minimum absolute atomic E-state index is 0.258. The van der Waals surface area contributed by atoms with E-state index < -0.39 is 6.10 Å². The zero-order chi connectivity index (χ0) is 14.1. The molecule has 2 atom stereocenters. The Bertz CT molecular complexity index is 608. The molecule has 0 aliphatic carbocycles. The van der Waals surface area contributed by atoms with Gasteiger partial charge in [-0.3, -0.25) is 9.48 Å². The Morgan fingerprint density at radius 3 is 3.10 bits per heavy atom. The largest absolute Gasteiger partial charge is 0.388 e. The number of ether oxygens (including phenoxy) is 1. The summed E-state index contributed by atoms with van der Waals surface area (Å²) in [6.45, 7) is 0.588. The molecular formula is C13H15N3O3S. The highest BCUT2D eigenvalue weighted by molar-refractivity contribution is 7.13. The summed E-state index contributed by atoms with van der Waals surface area (Å²) in [5, 5.41) is 18.6. The van der Waals surface area contributed by atoms with Crippen LogP contribution in [-0.4, -0.2) is 46.2 Å². The Balaban J connectivity index is 1.77. The molecule has 20 heavy (non-hydrogen) atoms. The van der Waals surface area contributed by atoms with Crippen molar-refractivity contribution in [1.82, 2.24) is 15.1 Å². The average Bonchev–Trinajstić information content (AvgIpc) is 3.11. The van der Waals surface area contributed by atoms with E-state index >= 15 is 0 Å². The first kappa shape index (κ1) is 13.3. The maximum Gasteiger partial charge on any atom is 0.272 e. The number of nitrogens with one attached hydrogen (secondary N) is 1. The van der Waals surface area contributed by atoms with Crippen LogP contribution in [0.5, 0.6) is 0 Å². The van der Waals surface area contributed by atoms with Crippen LogP contribution in [-0.2, 0) is 11.8 Å². The standard InChI is InChI=1S/C13H15N3O3S/c1-16-10(12-3-2-4-20-12)5-8(15-16)13(18)14-9-6-19-7-11(9)17/h2-5,9,11,17H,6-7H2,1H3,(H,14,18)/t9-,11-/m0/s1. The monoisotopic (exact) mass is 293 g/mol. The molecule has 1 fully saturated rings. The van der Waals surface area contributed by atoms with E-state index in [1.54, 1.807) is 29.1 Å². The van der Waals surface area contributed by atoms with Crippen LogP contribution in [0.2, 0.25) is 0 Å². The van der Waals surface area contributed by atoms with Crippen LogP contribution >= 0.6 is 11.3 Å². The number of aromatic nitrogens is 2. The van der Waals surface area contributed by atoms with Crippen molar-refractivity contribution in [3.63, 3.8) is 0 Å². The third-order valence-electron chi connectivity index (χ3n) is 3.25. The van der Waals surface area contributed by atoms with E-state index in [4.69, 9.17) is 4.74 Å². The summed E-state index contributed by atoms with van der Waals surface area (Å²) in [5.74, 6) is -0.294. The number of hydrogen-bond donors (Lipinski definition) is 2. The number of aliphatic hydroxyl groups is 1. The molecule has 1 saturated heterocycles. The highest BCUT2D eigenvalue weighted by Crippen LogP contribution is 2.24. The van der Waals surface area contributed by atoms with Gasteiger partial charge in [0, 0.05) is 7.05 Å². The quantitative estimate of drug-likeness (QED) is 0.870. The molecule has 2 aromatic heterocycles. The van der Waals surface area contributed by atoms with E-state index in [9.17, 15) is 9.90 Å². The predicted molar refractivity (Wildman–Crippen MR) is 74.6 cm³/mol. The molecular weight excluding hydrogens is 278 g/mol. The highest BCUT2D eigenvalue weighted by atomic mass is 32.1. The zero-order valence-corrected chi connectivity index (χ0v) is 11.8. The Morgan fingerprint density at radius 1 is 1.60 bits per heavy atom. The fraction of sp³-hybridized carbons (Fsp3) is 0.385. The van der Waals surface area contributed by atoms with Gasteiger partial charge in [-0.25, -0.2) is 0 Å². The molecule has 6 nitrogen and oxygen atoms in total. The topological polar surface area (TPSA) is 76.4 Å². The van der Waals surface area contributed by atoms with Crippen LogP contribution in [0.3, 0.4) is 0 Å². The van der Waals surface area contributed by atoms with E-state index in [0.29, 0.717) is 12.3 Å². The second-order valence-corrected chi connectivity index (χ2v) is 5.65. The van der Waals surface area contributed by atoms with E-state index in [-0.39, 0.29) is 18.6 Å². The van der Waals surface area contributed by atoms with Gasteiger partial charge in [0.15, 0.2) is 5.69 Å². The lowest BCUT2D eigenvalue weighted by molar-refractivity contribution is 0.0881. The zero-order valence-electron chi connectivity index (χ0n) is 10.9. The minimum atomic E-state index is -0.653. The van der Waals surface area contributed by atoms with Gasteiger partial charge in [0.2, 0.25) is 0 Å². The summed E-state index contributed by atoms with van der Waals surface area (Å²) in [7, 11) is 1.80. The average molecular weight is 293 g/mol. The molecule has 1 aliphatic heterocycles. The molecule has 0 bridgehead atoms. The fourth-order valence-corrected chi connectivity index (χ4v) is 2.93. The molecule has 2 aromatic rings. The van der Waals surface area contributed by atoms with Crippen LogP contribution in [0.4, 0.5) is 0 Å². The molecule has 0 unspecified atom stereocenters. The number of aryl methyl sites for hydroxylation is 1. The molecule has 7 heteroatoms. The van der Waals surface area contributed by atoms with Crippen molar-refractivity contribution in [2.24, 2.45) is 7.05 Å². The first-order valence-electron chi connectivity index (χ1n) is 6.30. The van der Waals surface area contributed by atoms with Crippen molar-refractivity contribution in [3.8, 4) is 10.6 Å². The molecule has 106 valence electrons. The second kappa shape index (κ2) is 5.35. The van der Waals surface area contributed by atoms with Crippen LogP contribution in [0.25, 0.3) is 10.6 Å². The van der Waals surface area contributed by atoms with Gasteiger partial charge in [0.25, 0.3) is 5.91 Å². The molecule has 2 N–H and O–H groups in total. The lowest BCUT2D eigenvalue weighted by Gasteiger charge is -2.13. The summed E-state index contributed by atoms with van der Waals surface area (Å²) < 4.78 is 6.79. The van der Waals surface area contributed by atoms with Crippen molar-refractivity contribution < 1.29 is 14.6 Å². The Kier molecular flexibility index (Phi) is 3.56. The van der Waals surface area contributed by atoms with E-state index in [0.717, 1.165) is 10.6 Å². The van der Waals surface area contributed by atoms with Crippen LogP contribution in [0.15, 0.2) is 23.6 Å². The van der Waals surface area contributed by atoms with Crippen molar-refractivity contribution in [2.75, 3.05) is 13.2 Å². The van der Waals surface area contributed by atoms with Gasteiger partial charge in [0.05, 0.1) is 35.9 Å². The Morgan fingerprint density at radius 2 is 2.45 bits per heavy atom. The number of thiophene rings is 1. The third kappa shape index (κ3) is 2.47. The summed E-state index contributed by atoms with van der Waals surface area (Å²) in [6, 6.07) is 5.33. The minimum Gasteiger partial charge on any atom is -0.388 e. The maximum absolute atomic E-state index is 12.1. The van der Waals surface area contributed by atoms with Crippen LogP contribution in [0, 0.1) is 0 Å². The van der Waals surface area contributed by atoms with Gasteiger partial charge in [-0.05, 0) is 17.5 Å². The summed E-state index contributed by atoms with van der Waals surface area (Å²) in [6.07, 6.45) is -0.653. The normalized spacial score (nSPS) is 22.1. The van der Waals surface area contributed by atoms with E-state index in [1.807, 2.05) is 17.5 Å². The number of aliphatic hydroxyl groups excluding tert-OH is 1. The first-order chi connectivity index (χ1) is 9.65. The number of carbonyl (C=O) groups is 1. The molecule has 0 saturated carbocycles. The van der Waals surface area contributed by atoms with Crippen molar-refractivity contribution in [2.45, 2.75) is 12.1 Å². The molecule has 3 heterocycles. The van der Waals surface area contributed by atoms with Crippen molar-refractivity contribution in [3.05, 3.63) is 29.3 Å². The van der Waals surface area contributed by atoms with Gasteiger partial charge >= 0.3 is 0 Å². The molecule has 3 rings (SSSR count). The smallest absolute Gasteiger partial charge is 0.272 e. The number of amides is 1. The Labute approximate surface area is 120 Å². The van der Waals surface area contributed by atoms with Crippen LogP contribution < -0.4 is 5.32 Å². The molecule has 0 spiro atoms. The molecule has 1 aliphatic rings. The molecule has 0 aromatic carbocycles. The summed E-state index contributed by atoms with van der Waals surface area (Å²) in [4.78, 5) is 13.2. The number of nitrogens with zero attached hydrogens (tertiary/aromatic N) is 2. The highest BCUT2D eigenvalue weighted by Gasteiger charge is 2.28. The van der Waals surface area contributed by atoms with Gasteiger partial charge < -0.3 is 15.2 Å². The molecule has 0 radical (unpaired) electrons. The van der Waals surface area contributed by atoms with Gasteiger partial charge in [0.1, 0.15) is 0 Å². The van der Waals surface area contributed by atoms with Gasteiger partial charge in [-0.15, -0.1) is 11.3 Å².